The van der Waals surface area contributed by atoms with E-state index < -0.39 is 23.5 Å². The highest BCUT2D eigenvalue weighted by Crippen LogP contribution is 2.25. The van der Waals surface area contributed by atoms with Crippen molar-refractivity contribution in [2.75, 3.05) is 0 Å². The van der Waals surface area contributed by atoms with Gasteiger partial charge in [-0.3, -0.25) is 0 Å². The van der Waals surface area contributed by atoms with Crippen molar-refractivity contribution >= 4 is 5.97 Å². The van der Waals surface area contributed by atoms with E-state index in [4.69, 9.17) is 4.74 Å². The highest BCUT2D eigenvalue weighted by atomic mass is 16.7. The quantitative estimate of drug-likeness (QED) is 0.466. The molecule has 0 spiro atoms. The van der Waals surface area contributed by atoms with Gasteiger partial charge in [0.2, 0.25) is 5.79 Å². The van der Waals surface area contributed by atoms with E-state index in [9.17, 15) is 20.1 Å². The predicted molar refractivity (Wildman–Crippen MR) is 65.6 cm³/mol. The van der Waals surface area contributed by atoms with Crippen molar-refractivity contribution in [1.29, 1.82) is 0 Å². The largest absolute Gasteiger partial charge is 0.426 e. The minimum atomic E-state index is -1.45. The summed E-state index contributed by atoms with van der Waals surface area (Å²) in [6.45, 7) is 3.16. The lowest BCUT2D eigenvalue weighted by atomic mass is 9.93. The molecule has 1 aliphatic heterocycles. The first-order valence-corrected chi connectivity index (χ1v) is 6.30. The van der Waals surface area contributed by atoms with E-state index in [0.29, 0.717) is 19.3 Å². The Balaban J connectivity index is 2.17. The van der Waals surface area contributed by atoms with Crippen molar-refractivity contribution in [2.45, 2.75) is 63.4 Å². The Bertz CT molecular complexity index is 321. The molecule has 0 aromatic carbocycles. The van der Waals surface area contributed by atoms with Crippen LogP contribution < -0.4 is 0 Å². The van der Waals surface area contributed by atoms with Crippen LogP contribution >= 0.6 is 0 Å². The van der Waals surface area contributed by atoms with Crippen molar-refractivity contribution in [1.82, 2.24) is 0 Å². The zero-order valence-corrected chi connectivity index (χ0v) is 10.9. The molecular formula is C13H22O5. The van der Waals surface area contributed by atoms with Gasteiger partial charge >= 0.3 is 5.97 Å². The zero-order valence-electron chi connectivity index (χ0n) is 10.9. The van der Waals surface area contributed by atoms with Gasteiger partial charge in [0, 0.05) is 12.5 Å². The number of cyclic esters (lactones) is 1. The first-order valence-electron chi connectivity index (χ1n) is 6.30. The second kappa shape index (κ2) is 5.82. The molecule has 3 atom stereocenters. The number of carbonyl (C=O) groups is 1. The molecule has 5 nitrogen and oxygen atoms in total. The standard InChI is InChI=1S/C13H22O5/c1-10(14)12(2,16)7-4-3-5-8-13(17)9-6-11(15)18-13/h6,9-10,14,16-17H,3-5,7-8H2,1-2H3/t10-,12-,13-/m0/s1. The molecule has 0 aromatic rings. The van der Waals surface area contributed by atoms with Gasteiger partial charge in [0.15, 0.2) is 0 Å². The van der Waals surface area contributed by atoms with Gasteiger partial charge in [-0.1, -0.05) is 12.8 Å². The summed E-state index contributed by atoms with van der Waals surface area (Å²) in [6, 6.07) is 0. The monoisotopic (exact) mass is 258 g/mol. The molecular weight excluding hydrogens is 236 g/mol. The second-order valence-corrected chi connectivity index (χ2v) is 5.19. The summed E-state index contributed by atoms with van der Waals surface area (Å²) in [6.07, 6.45) is 4.89. The fourth-order valence-electron chi connectivity index (χ4n) is 1.82. The van der Waals surface area contributed by atoms with Gasteiger partial charge in [-0.2, -0.15) is 0 Å². The lowest BCUT2D eigenvalue weighted by molar-refractivity contribution is -0.180. The fraction of sp³-hybridized carbons (Fsp3) is 0.769. The molecule has 3 N–H and O–H groups in total. The number of aliphatic hydroxyl groups excluding tert-OH is 1. The summed E-state index contributed by atoms with van der Waals surface area (Å²) in [5, 5.41) is 28.9. The van der Waals surface area contributed by atoms with Gasteiger partial charge in [-0.15, -0.1) is 0 Å². The lowest BCUT2D eigenvalue weighted by Crippen LogP contribution is -2.36. The van der Waals surface area contributed by atoms with Crippen LogP contribution in [0.15, 0.2) is 12.2 Å². The van der Waals surface area contributed by atoms with Crippen LogP contribution in [-0.2, 0) is 9.53 Å². The Hall–Kier alpha value is -0.910. The van der Waals surface area contributed by atoms with Crippen molar-refractivity contribution < 1.29 is 24.9 Å². The second-order valence-electron chi connectivity index (χ2n) is 5.19. The molecule has 1 aliphatic rings. The van der Waals surface area contributed by atoms with Crippen molar-refractivity contribution in [2.24, 2.45) is 0 Å². The van der Waals surface area contributed by atoms with Crippen LogP contribution in [0.5, 0.6) is 0 Å². The van der Waals surface area contributed by atoms with Gasteiger partial charge < -0.3 is 20.1 Å². The van der Waals surface area contributed by atoms with Gasteiger partial charge in [-0.25, -0.2) is 4.79 Å². The van der Waals surface area contributed by atoms with Crippen LogP contribution in [0.4, 0.5) is 0 Å². The molecule has 0 fully saturated rings. The topological polar surface area (TPSA) is 87.0 Å². The normalized spacial score (nSPS) is 27.9. The molecule has 1 heterocycles. The average molecular weight is 258 g/mol. The van der Waals surface area contributed by atoms with Crippen LogP contribution in [0.2, 0.25) is 0 Å². The lowest BCUT2D eigenvalue weighted by Gasteiger charge is -2.26. The van der Waals surface area contributed by atoms with Gasteiger partial charge in [0.25, 0.3) is 0 Å². The Morgan fingerprint density at radius 3 is 2.61 bits per heavy atom. The fourth-order valence-corrected chi connectivity index (χ4v) is 1.82. The first-order chi connectivity index (χ1) is 8.25. The maximum Gasteiger partial charge on any atom is 0.333 e. The van der Waals surface area contributed by atoms with Crippen molar-refractivity contribution in [3.05, 3.63) is 12.2 Å². The smallest absolute Gasteiger partial charge is 0.333 e. The molecule has 0 saturated carbocycles. The summed E-state index contributed by atoms with van der Waals surface area (Å²) in [5.74, 6) is -1.97. The van der Waals surface area contributed by atoms with E-state index in [1.807, 2.05) is 0 Å². The molecule has 0 radical (unpaired) electrons. The highest BCUT2D eigenvalue weighted by Gasteiger charge is 2.32. The van der Waals surface area contributed by atoms with Gasteiger partial charge in [-0.05, 0) is 32.8 Å². The van der Waals surface area contributed by atoms with Crippen LogP contribution in [-0.4, -0.2) is 38.8 Å². The number of rotatable bonds is 7. The highest BCUT2D eigenvalue weighted by molar-refractivity contribution is 5.84. The Kier molecular flexibility index (Phi) is 4.90. The molecule has 18 heavy (non-hydrogen) atoms. The summed E-state index contributed by atoms with van der Waals surface area (Å²) >= 11 is 0. The number of hydrogen-bond donors (Lipinski definition) is 3. The minimum absolute atomic E-state index is 0.353. The van der Waals surface area contributed by atoms with Crippen molar-refractivity contribution in [3.8, 4) is 0 Å². The van der Waals surface area contributed by atoms with E-state index in [2.05, 4.69) is 0 Å². The maximum absolute atomic E-state index is 10.8. The molecule has 0 saturated heterocycles. The SMILES string of the molecule is C[C@H](O)[C@@](C)(O)CCCCC[C@@]1(O)C=CC(=O)O1. The van der Waals surface area contributed by atoms with Crippen LogP contribution in [0.3, 0.4) is 0 Å². The molecule has 0 amide bonds. The van der Waals surface area contributed by atoms with Crippen LogP contribution in [0, 0.1) is 0 Å². The molecule has 0 unspecified atom stereocenters. The van der Waals surface area contributed by atoms with Crippen LogP contribution in [0.1, 0.15) is 46.0 Å². The number of hydrogen-bond acceptors (Lipinski definition) is 5. The van der Waals surface area contributed by atoms with E-state index >= 15 is 0 Å². The Labute approximate surface area is 107 Å². The van der Waals surface area contributed by atoms with E-state index in [0.717, 1.165) is 12.8 Å². The van der Waals surface area contributed by atoms with Crippen molar-refractivity contribution in [3.63, 3.8) is 0 Å². The van der Waals surface area contributed by atoms with E-state index in [1.165, 1.54) is 12.2 Å². The average Bonchev–Trinajstić information content (AvgIpc) is 2.58. The molecule has 104 valence electrons. The summed E-state index contributed by atoms with van der Waals surface area (Å²) < 4.78 is 4.75. The molecule has 0 aliphatic carbocycles. The number of aliphatic hydroxyl groups is 3. The summed E-state index contributed by atoms with van der Waals surface area (Å²) in [5.41, 5.74) is -1.07. The zero-order chi connectivity index (χ0) is 13.8. The number of ether oxygens (including phenoxy) is 1. The minimum Gasteiger partial charge on any atom is -0.426 e. The Morgan fingerprint density at radius 1 is 1.44 bits per heavy atom. The van der Waals surface area contributed by atoms with E-state index in [-0.39, 0.29) is 0 Å². The Morgan fingerprint density at radius 2 is 2.11 bits per heavy atom. The van der Waals surface area contributed by atoms with Gasteiger partial charge in [0.05, 0.1) is 11.7 Å². The maximum atomic E-state index is 10.8. The third-order valence-corrected chi connectivity index (χ3v) is 3.38. The molecule has 0 bridgehead atoms. The number of unbranched alkanes of at least 4 members (excludes halogenated alkanes) is 2. The predicted octanol–water partition coefficient (Wildman–Crippen LogP) is 0.870. The summed E-state index contributed by atoms with van der Waals surface area (Å²) in [4.78, 5) is 10.8. The van der Waals surface area contributed by atoms with E-state index in [1.54, 1.807) is 13.8 Å². The molecule has 0 aromatic heterocycles. The molecule has 5 heteroatoms. The summed E-state index contributed by atoms with van der Waals surface area (Å²) in [7, 11) is 0. The first kappa shape index (κ1) is 15.1. The third-order valence-electron chi connectivity index (χ3n) is 3.38. The number of carbonyl (C=O) groups excluding carboxylic acids is 1. The third kappa shape index (κ3) is 4.40. The van der Waals surface area contributed by atoms with Gasteiger partial charge in [0.1, 0.15) is 0 Å². The van der Waals surface area contributed by atoms with Crippen LogP contribution in [0.25, 0.3) is 0 Å². The number of esters is 1. The molecule has 1 rings (SSSR count).